The number of hydrogen-bond acceptors (Lipinski definition) is 5. The Labute approximate surface area is 198 Å². The van der Waals surface area contributed by atoms with Crippen molar-refractivity contribution in [1.82, 2.24) is 14.8 Å². The van der Waals surface area contributed by atoms with E-state index in [0.29, 0.717) is 5.75 Å². The molecule has 1 fully saturated rings. The molecule has 1 N–H and O–H groups in total. The molecule has 7 nitrogen and oxygen atoms in total. The summed E-state index contributed by atoms with van der Waals surface area (Å²) in [5.74, 6) is 1.30. The summed E-state index contributed by atoms with van der Waals surface area (Å²) in [5.41, 5.74) is 3.46. The molecular formula is C25H29ClN4O3. The molecule has 5 rings (SSSR count). The third kappa shape index (κ3) is 4.48. The fourth-order valence-corrected chi connectivity index (χ4v) is 4.78. The van der Waals surface area contributed by atoms with Gasteiger partial charge in [-0.3, -0.25) is 9.69 Å². The van der Waals surface area contributed by atoms with Crippen LogP contribution in [0.5, 0.6) is 11.5 Å². The third-order valence-electron chi connectivity index (χ3n) is 6.46. The highest BCUT2D eigenvalue weighted by molar-refractivity contribution is 6.31. The molecule has 2 aliphatic rings. The molecule has 174 valence electrons. The Morgan fingerprint density at radius 1 is 1.18 bits per heavy atom. The summed E-state index contributed by atoms with van der Waals surface area (Å²) in [4.78, 5) is 22.0. The lowest BCUT2D eigenvalue weighted by atomic mass is 10.1. The molecule has 0 saturated carbocycles. The van der Waals surface area contributed by atoms with Crippen LogP contribution in [0, 0.1) is 0 Å². The molecule has 1 atom stereocenters. The maximum atomic E-state index is 12.3. The minimum Gasteiger partial charge on any atom is -0.483 e. The second-order valence-electron chi connectivity index (χ2n) is 8.84. The Morgan fingerprint density at radius 3 is 2.79 bits per heavy atom. The molecule has 1 unspecified atom stereocenters. The number of amides is 1. The molecule has 33 heavy (non-hydrogen) atoms. The van der Waals surface area contributed by atoms with E-state index in [9.17, 15) is 4.79 Å². The Hall–Kier alpha value is -2.90. The minimum absolute atomic E-state index is 0.0852. The summed E-state index contributed by atoms with van der Waals surface area (Å²) in [6, 6.07) is 11.9. The molecule has 3 aromatic rings. The van der Waals surface area contributed by atoms with Crippen molar-refractivity contribution in [3.63, 3.8) is 0 Å². The van der Waals surface area contributed by atoms with Crippen LogP contribution >= 0.6 is 11.6 Å². The fourth-order valence-electron chi connectivity index (χ4n) is 4.60. The summed E-state index contributed by atoms with van der Waals surface area (Å²) in [6.07, 6.45) is 2.50. The number of piperazine rings is 1. The number of carbonyl (C=O) groups excluding carboxylic acids is 1. The SMILES string of the molecule is CN(C)C(=O)C1COc2c(cccc2N2CCN(CCc3c[nH]c4cc(Cl)ccc34)CC2)O1. The number of aromatic amines is 1. The van der Waals surface area contributed by atoms with E-state index in [2.05, 4.69) is 33.1 Å². The number of ether oxygens (including phenoxy) is 2. The third-order valence-corrected chi connectivity index (χ3v) is 6.70. The van der Waals surface area contributed by atoms with Crippen molar-refractivity contribution < 1.29 is 14.3 Å². The van der Waals surface area contributed by atoms with E-state index in [1.54, 1.807) is 14.1 Å². The predicted molar refractivity (Wildman–Crippen MR) is 131 cm³/mol. The number of hydrogen-bond donors (Lipinski definition) is 1. The first-order valence-electron chi connectivity index (χ1n) is 11.4. The molecule has 0 aliphatic carbocycles. The topological polar surface area (TPSA) is 61.0 Å². The summed E-state index contributed by atoms with van der Waals surface area (Å²) in [7, 11) is 3.45. The second-order valence-corrected chi connectivity index (χ2v) is 9.27. The van der Waals surface area contributed by atoms with Crippen LogP contribution < -0.4 is 14.4 Å². The molecule has 0 radical (unpaired) electrons. The number of anilines is 1. The molecule has 3 heterocycles. The van der Waals surface area contributed by atoms with Gasteiger partial charge in [-0.15, -0.1) is 0 Å². The Bertz CT molecular complexity index is 1150. The van der Waals surface area contributed by atoms with Crippen molar-refractivity contribution in [2.75, 3.05) is 58.3 Å². The van der Waals surface area contributed by atoms with Gasteiger partial charge in [-0.2, -0.15) is 0 Å². The maximum Gasteiger partial charge on any atom is 0.266 e. The van der Waals surface area contributed by atoms with Gasteiger partial charge in [0.15, 0.2) is 11.5 Å². The van der Waals surface area contributed by atoms with Gasteiger partial charge in [0, 0.05) is 68.9 Å². The van der Waals surface area contributed by atoms with Crippen LogP contribution in [0.4, 0.5) is 5.69 Å². The molecular weight excluding hydrogens is 440 g/mol. The molecule has 0 bridgehead atoms. The van der Waals surface area contributed by atoms with Gasteiger partial charge in [0.1, 0.15) is 6.61 Å². The van der Waals surface area contributed by atoms with Gasteiger partial charge in [0.05, 0.1) is 5.69 Å². The molecule has 2 aliphatic heterocycles. The molecule has 2 aromatic carbocycles. The number of halogens is 1. The predicted octanol–water partition coefficient (Wildman–Crippen LogP) is 3.41. The lowest BCUT2D eigenvalue weighted by Crippen LogP contribution is -2.47. The van der Waals surface area contributed by atoms with Crippen molar-refractivity contribution in [3.05, 3.63) is 53.2 Å². The van der Waals surface area contributed by atoms with E-state index in [1.165, 1.54) is 15.8 Å². The summed E-state index contributed by atoms with van der Waals surface area (Å²) in [5, 5.41) is 2.00. The van der Waals surface area contributed by atoms with Crippen LogP contribution in [0.3, 0.4) is 0 Å². The molecule has 1 saturated heterocycles. The van der Waals surface area contributed by atoms with Gasteiger partial charge in [0.2, 0.25) is 6.10 Å². The minimum atomic E-state index is -0.597. The van der Waals surface area contributed by atoms with Gasteiger partial charge in [-0.25, -0.2) is 0 Å². The fraction of sp³-hybridized carbons (Fsp3) is 0.400. The van der Waals surface area contributed by atoms with Gasteiger partial charge in [-0.05, 0) is 36.2 Å². The molecule has 8 heteroatoms. The highest BCUT2D eigenvalue weighted by Crippen LogP contribution is 2.41. The average molecular weight is 469 g/mol. The zero-order valence-electron chi connectivity index (χ0n) is 19.0. The van der Waals surface area contributed by atoms with Crippen LogP contribution in [-0.4, -0.2) is 80.2 Å². The number of para-hydroxylation sites is 1. The number of rotatable bonds is 5. The maximum absolute atomic E-state index is 12.3. The number of carbonyl (C=O) groups is 1. The lowest BCUT2D eigenvalue weighted by Gasteiger charge is -2.38. The Kier molecular flexibility index (Phi) is 6.08. The first-order chi connectivity index (χ1) is 16.0. The van der Waals surface area contributed by atoms with Crippen LogP contribution in [0.1, 0.15) is 5.56 Å². The van der Waals surface area contributed by atoms with Crippen molar-refractivity contribution >= 4 is 34.1 Å². The molecule has 1 amide bonds. The first kappa shape index (κ1) is 21.9. The zero-order valence-corrected chi connectivity index (χ0v) is 19.8. The number of nitrogens with one attached hydrogen (secondary N) is 1. The van der Waals surface area contributed by atoms with E-state index in [0.717, 1.165) is 61.1 Å². The van der Waals surface area contributed by atoms with Crippen molar-refractivity contribution in [1.29, 1.82) is 0 Å². The quantitative estimate of drug-likeness (QED) is 0.621. The highest BCUT2D eigenvalue weighted by Gasteiger charge is 2.31. The van der Waals surface area contributed by atoms with E-state index in [-0.39, 0.29) is 12.5 Å². The monoisotopic (exact) mass is 468 g/mol. The summed E-state index contributed by atoms with van der Waals surface area (Å²) < 4.78 is 12.0. The largest absolute Gasteiger partial charge is 0.483 e. The van der Waals surface area contributed by atoms with E-state index < -0.39 is 6.10 Å². The van der Waals surface area contributed by atoms with Crippen molar-refractivity contribution in [2.45, 2.75) is 12.5 Å². The first-order valence-corrected chi connectivity index (χ1v) is 11.7. The van der Waals surface area contributed by atoms with Gasteiger partial charge in [-0.1, -0.05) is 23.7 Å². The van der Waals surface area contributed by atoms with Gasteiger partial charge >= 0.3 is 0 Å². The van der Waals surface area contributed by atoms with Crippen LogP contribution in [0.15, 0.2) is 42.6 Å². The van der Waals surface area contributed by atoms with E-state index in [4.69, 9.17) is 21.1 Å². The zero-order chi connectivity index (χ0) is 22.9. The lowest BCUT2D eigenvalue weighted by molar-refractivity contribution is -0.138. The molecule has 0 spiro atoms. The average Bonchev–Trinajstić information content (AvgIpc) is 3.23. The smallest absolute Gasteiger partial charge is 0.266 e. The van der Waals surface area contributed by atoms with Crippen LogP contribution in [0.25, 0.3) is 10.9 Å². The number of aromatic nitrogens is 1. The Morgan fingerprint density at radius 2 is 2.00 bits per heavy atom. The normalized spacial score (nSPS) is 18.5. The molecule has 1 aromatic heterocycles. The van der Waals surface area contributed by atoms with Crippen LogP contribution in [0.2, 0.25) is 5.02 Å². The second kappa shape index (κ2) is 9.15. The highest BCUT2D eigenvalue weighted by atomic mass is 35.5. The van der Waals surface area contributed by atoms with E-state index in [1.807, 2.05) is 24.3 Å². The Balaban J connectivity index is 1.19. The number of H-pyrrole nitrogens is 1. The van der Waals surface area contributed by atoms with Crippen molar-refractivity contribution in [3.8, 4) is 11.5 Å². The number of nitrogens with zero attached hydrogens (tertiary/aromatic N) is 3. The van der Waals surface area contributed by atoms with Crippen LogP contribution in [-0.2, 0) is 11.2 Å². The standard InChI is InChI=1S/C25H29ClN4O3/c1-28(2)25(31)23-16-32-24-21(4-3-5-22(24)33-23)30-12-10-29(11-13-30)9-8-17-15-27-20-14-18(26)6-7-19(17)20/h3-7,14-15,23,27H,8-13,16H2,1-2H3. The van der Waals surface area contributed by atoms with Gasteiger partial charge in [0.25, 0.3) is 5.91 Å². The summed E-state index contributed by atoms with van der Waals surface area (Å²) >= 11 is 6.10. The number of fused-ring (bicyclic) bond motifs is 2. The number of benzene rings is 2. The summed E-state index contributed by atoms with van der Waals surface area (Å²) in [6.45, 7) is 5.06. The van der Waals surface area contributed by atoms with Gasteiger partial charge < -0.3 is 24.3 Å². The van der Waals surface area contributed by atoms with E-state index >= 15 is 0 Å². The number of likely N-dealkylation sites (N-methyl/N-ethyl adjacent to an activating group) is 1. The van der Waals surface area contributed by atoms with Crippen molar-refractivity contribution in [2.24, 2.45) is 0 Å².